The van der Waals surface area contributed by atoms with Gasteiger partial charge in [-0.05, 0) is 6.07 Å². The summed E-state index contributed by atoms with van der Waals surface area (Å²) in [6, 6.07) is 3.99. The molecule has 2 heterocycles. The summed E-state index contributed by atoms with van der Waals surface area (Å²) in [4.78, 5) is 35.9. The fraction of sp³-hybridized carbons (Fsp3) is 0.429. The summed E-state index contributed by atoms with van der Waals surface area (Å²) in [6.07, 6.45) is -0.644. The van der Waals surface area contributed by atoms with Crippen LogP contribution in [0, 0.1) is 10.1 Å². The van der Waals surface area contributed by atoms with Crippen LogP contribution in [0.1, 0.15) is 28.4 Å². The van der Waals surface area contributed by atoms with E-state index in [9.17, 15) is 19.7 Å². The van der Waals surface area contributed by atoms with Crippen LogP contribution in [0.4, 0.5) is 5.69 Å². The van der Waals surface area contributed by atoms with Gasteiger partial charge in [-0.3, -0.25) is 14.9 Å². The number of amides is 1. The SMILES string of the molecule is O=C1O[C@@H](CC(=O)N2CCOCC2)c2ccc([N+](=O)[O-])cc21. The van der Waals surface area contributed by atoms with Gasteiger partial charge in [0.1, 0.15) is 6.10 Å². The van der Waals surface area contributed by atoms with Crippen molar-refractivity contribution in [1.82, 2.24) is 4.90 Å². The molecule has 8 nitrogen and oxygen atoms in total. The Morgan fingerprint density at radius 3 is 2.77 bits per heavy atom. The third kappa shape index (κ3) is 2.64. The molecule has 22 heavy (non-hydrogen) atoms. The summed E-state index contributed by atoms with van der Waals surface area (Å²) < 4.78 is 10.4. The molecular weight excluding hydrogens is 292 g/mol. The minimum Gasteiger partial charge on any atom is -0.453 e. The van der Waals surface area contributed by atoms with Crippen LogP contribution in [0.5, 0.6) is 0 Å². The van der Waals surface area contributed by atoms with Crippen molar-refractivity contribution < 1.29 is 24.0 Å². The van der Waals surface area contributed by atoms with E-state index in [0.717, 1.165) is 0 Å². The lowest BCUT2D eigenvalue weighted by molar-refractivity contribution is -0.384. The number of nitro benzene ring substituents is 1. The van der Waals surface area contributed by atoms with Crippen molar-refractivity contribution in [2.24, 2.45) is 0 Å². The molecule has 3 rings (SSSR count). The summed E-state index contributed by atoms with van der Waals surface area (Å²) in [5.74, 6) is -0.745. The van der Waals surface area contributed by atoms with Gasteiger partial charge in [0, 0.05) is 30.8 Å². The molecule has 0 spiro atoms. The first kappa shape index (κ1) is 14.5. The van der Waals surface area contributed by atoms with Crippen LogP contribution >= 0.6 is 0 Å². The Bertz CT molecular complexity index is 638. The standard InChI is InChI=1S/C14H14N2O6/c17-13(15-3-5-21-6-4-15)8-12-10-2-1-9(16(19)20)7-11(10)14(18)22-12/h1-2,7,12H,3-6,8H2/t12-/m0/s1. The van der Waals surface area contributed by atoms with Crippen molar-refractivity contribution in [3.63, 3.8) is 0 Å². The van der Waals surface area contributed by atoms with Gasteiger partial charge in [-0.25, -0.2) is 4.79 Å². The smallest absolute Gasteiger partial charge is 0.339 e. The number of carbonyl (C=O) groups is 2. The largest absolute Gasteiger partial charge is 0.453 e. The van der Waals surface area contributed by atoms with E-state index in [1.165, 1.54) is 18.2 Å². The first-order valence-corrected chi connectivity index (χ1v) is 6.91. The second kappa shape index (κ2) is 5.72. The van der Waals surface area contributed by atoms with Gasteiger partial charge < -0.3 is 14.4 Å². The molecule has 0 saturated carbocycles. The lowest BCUT2D eigenvalue weighted by Gasteiger charge is -2.27. The topological polar surface area (TPSA) is 99.0 Å². The number of benzene rings is 1. The Kier molecular flexibility index (Phi) is 3.76. The molecule has 1 fully saturated rings. The molecule has 1 atom stereocenters. The van der Waals surface area contributed by atoms with Gasteiger partial charge in [-0.2, -0.15) is 0 Å². The van der Waals surface area contributed by atoms with Crippen molar-refractivity contribution in [2.75, 3.05) is 26.3 Å². The zero-order valence-electron chi connectivity index (χ0n) is 11.7. The summed E-state index contributed by atoms with van der Waals surface area (Å²) in [5, 5.41) is 10.8. The van der Waals surface area contributed by atoms with Gasteiger partial charge in [-0.1, -0.05) is 0 Å². The molecule has 0 N–H and O–H groups in total. The molecule has 1 saturated heterocycles. The highest BCUT2D eigenvalue weighted by Gasteiger charge is 2.35. The van der Waals surface area contributed by atoms with Crippen LogP contribution in [0.3, 0.4) is 0 Å². The van der Waals surface area contributed by atoms with Crippen LogP contribution in [0.15, 0.2) is 18.2 Å². The average molecular weight is 306 g/mol. The number of hydrogen-bond acceptors (Lipinski definition) is 6. The number of cyclic esters (lactones) is 1. The van der Waals surface area contributed by atoms with Crippen LogP contribution in [0.2, 0.25) is 0 Å². The highest BCUT2D eigenvalue weighted by Crippen LogP contribution is 2.35. The number of esters is 1. The summed E-state index contributed by atoms with van der Waals surface area (Å²) in [6.45, 7) is 2.04. The molecule has 1 amide bonds. The highest BCUT2D eigenvalue weighted by molar-refractivity contribution is 5.95. The van der Waals surface area contributed by atoms with E-state index in [1.807, 2.05) is 0 Å². The molecule has 1 aromatic carbocycles. The van der Waals surface area contributed by atoms with Crippen molar-refractivity contribution in [1.29, 1.82) is 0 Å². The second-order valence-electron chi connectivity index (χ2n) is 5.12. The molecule has 8 heteroatoms. The van der Waals surface area contributed by atoms with Crippen LogP contribution in [-0.2, 0) is 14.3 Å². The van der Waals surface area contributed by atoms with E-state index in [4.69, 9.17) is 9.47 Å². The van der Waals surface area contributed by atoms with Crippen LogP contribution < -0.4 is 0 Å². The van der Waals surface area contributed by atoms with Crippen molar-refractivity contribution >= 4 is 17.6 Å². The molecule has 0 unspecified atom stereocenters. The fourth-order valence-electron chi connectivity index (χ4n) is 2.62. The number of non-ortho nitro benzene ring substituents is 1. The molecule has 116 valence electrons. The summed E-state index contributed by atoms with van der Waals surface area (Å²) in [7, 11) is 0. The number of hydrogen-bond donors (Lipinski definition) is 0. The van der Waals surface area contributed by atoms with E-state index < -0.39 is 17.0 Å². The minimum absolute atomic E-state index is 0.0382. The number of nitrogens with zero attached hydrogens (tertiary/aromatic N) is 2. The number of rotatable bonds is 3. The van der Waals surface area contributed by atoms with E-state index in [0.29, 0.717) is 31.9 Å². The number of morpholine rings is 1. The summed E-state index contributed by atoms with van der Waals surface area (Å²) in [5.41, 5.74) is 0.516. The van der Waals surface area contributed by atoms with Crippen molar-refractivity contribution in [3.8, 4) is 0 Å². The Morgan fingerprint density at radius 1 is 1.36 bits per heavy atom. The zero-order chi connectivity index (χ0) is 15.7. The number of nitro groups is 1. The van der Waals surface area contributed by atoms with Gasteiger partial charge >= 0.3 is 5.97 Å². The van der Waals surface area contributed by atoms with E-state index >= 15 is 0 Å². The lowest BCUT2D eigenvalue weighted by Crippen LogP contribution is -2.41. The second-order valence-corrected chi connectivity index (χ2v) is 5.12. The molecule has 0 aromatic heterocycles. The third-order valence-corrected chi connectivity index (χ3v) is 3.79. The van der Waals surface area contributed by atoms with Gasteiger partial charge in [-0.15, -0.1) is 0 Å². The van der Waals surface area contributed by atoms with E-state index in [2.05, 4.69) is 0 Å². The molecule has 2 aliphatic rings. The monoisotopic (exact) mass is 306 g/mol. The maximum Gasteiger partial charge on any atom is 0.339 e. The highest BCUT2D eigenvalue weighted by atomic mass is 16.6. The Labute approximate surface area is 125 Å². The average Bonchev–Trinajstić information content (AvgIpc) is 2.84. The van der Waals surface area contributed by atoms with Gasteiger partial charge in [0.15, 0.2) is 0 Å². The number of ether oxygens (including phenoxy) is 2. The van der Waals surface area contributed by atoms with Crippen LogP contribution in [0.25, 0.3) is 0 Å². The normalized spacial score (nSPS) is 20.5. The Hall–Kier alpha value is -2.48. The molecule has 0 aliphatic carbocycles. The van der Waals surface area contributed by atoms with Gasteiger partial charge in [0.05, 0.1) is 30.1 Å². The minimum atomic E-state index is -0.682. The fourth-order valence-corrected chi connectivity index (χ4v) is 2.62. The molecule has 0 bridgehead atoms. The van der Waals surface area contributed by atoms with E-state index in [-0.39, 0.29) is 23.6 Å². The quantitative estimate of drug-likeness (QED) is 0.470. The maximum atomic E-state index is 12.2. The number of fused-ring (bicyclic) bond motifs is 1. The first-order valence-electron chi connectivity index (χ1n) is 6.91. The Morgan fingerprint density at radius 2 is 2.09 bits per heavy atom. The van der Waals surface area contributed by atoms with E-state index in [1.54, 1.807) is 4.90 Å². The molecular formula is C14H14N2O6. The zero-order valence-corrected chi connectivity index (χ0v) is 11.7. The van der Waals surface area contributed by atoms with Crippen molar-refractivity contribution in [3.05, 3.63) is 39.4 Å². The van der Waals surface area contributed by atoms with Crippen molar-refractivity contribution in [2.45, 2.75) is 12.5 Å². The Balaban J connectivity index is 1.76. The maximum absolute atomic E-state index is 12.2. The molecule has 2 aliphatic heterocycles. The molecule has 0 radical (unpaired) electrons. The molecule has 1 aromatic rings. The predicted octanol–water partition coefficient (Wildman–Crippen LogP) is 1.06. The third-order valence-electron chi connectivity index (χ3n) is 3.79. The lowest BCUT2D eigenvalue weighted by atomic mass is 10.0. The number of carbonyl (C=O) groups excluding carboxylic acids is 2. The first-order chi connectivity index (χ1) is 10.6. The van der Waals surface area contributed by atoms with Crippen LogP contribution in [-0.4, -0.2) is 48.0 Å². The predicted molar refractivity (Wildman–Crippen MR) is 73.3 cm³/mol. The van der Waals surface area contributed by atoms with Gasteiger partial charge in [0.25, 0.3) is 5.69 Å². The summed E-state index contributed by atoms with van der Waals surface area (Å²) >= 11 is 0. The van der Waals surface area contributed by atoms with Gasteiger partial charge in [0.2, 0.25) is 5.91 Å².